The fourth-order valence-electron chi connectivity index (χ4n) is 2.35. The normalized spacial score (nSPS) is 12.8. The Morgan fingerprint density at radius 1 is 0.741 bits per heavy atom. The first-order valence-corrected chi connectivity index (χ1v) is 11.8. The summed E-state index contributed by atoms with van der Waals surface area (Å²) in [4.78, 5) is 0.189. The number of allylic oxidation sites excluding steroid dienone is 2. The van der Waals surface area contributed by atoms with Crippen LogP contribution in [0.1, 0.15) is 5.56 Å². The molecule has 0 aromatic heterocycles. The summed E-state index contributed by atoms with van der Waals surface area (Å²) < 4.78 is 27.3. The number of hydrogen-bond acceptors (Lipinski definition) is 2. The predicted octanol–water partition coefficient (Wildman–Crippen LogP) is 4.61. The van der Waals surface area contributed by atoms with Gasteiger partial charge >= 0.3 is 172 Å². The molecule has 136 valence electrons. The van der Waals surface area contributed by atoms with Crippen molar-refractivity contribution in [3.8, 4) is 0 Å². The van der Waals surface area contributed by atoms with E-state index in [2.05, 4.69) is 12.1 Å². The molecule has 0 unspecified atom stereocenters. The van der Waals surface area contributed by atoms with Crippen molar-refractivity contribution in [1.82, 2.24) is 0 Å². The molecule has 0 heterocycles. The molecule has 3 aromatic rings. The molecule has 3 aromatic carbocycles. The third-order valence-electron chi connectivity index (χ3n) is 3.71. The summed E-state index contributed by atoms with van der Waals surface area (Å²) >= 11 is 6.20. The Kier molecular flexibility index (Phi) is 6.70. The molecule has 0 atom stereocenters. The summed E-state index contributed by atoms with van der Waals surface area (Å²) in [6, 6.07) is 28.3. The Bertz CT molecular complexity index is 1050. The first-order valence-electron chi connectivity index (χ1n) is 8.23. The van der Waals surface area contributed by atoms with Gasteiger partial charge in [-0.2, -0.15) is 0 Å². The summed E-state index contributed by atoms with van der Waals surface area (Å²) in [5.74, 6) is 0. The molecule has 0 saturated carbocycles. The van der Waals surface area contributed by atoms with Gasteiger partial charge in [0.05, 0.1) is 0 Å². The van der Waals surface area contributed by atoms with Crippen molar-refractivity contribution in [1.29, 1.82) is 0 Å². The van der Waals surface area contributed by atoms with Crippen molar-refractivity contribution < 1.29 is 8.42 Å². The van der Waals surface area contributed by atoms with Crippen LogP contribution in [0.5, 0.6) is 0 Å². The minimum absolute atomic E-state index is 0.0206. The summed E-state index contributed by atoms with van der Waals surface area (Å²) in [5.41, 5.74) is 1.05. The van der Waals surface area contributed by atoms with Crippen LogP contribution in [0.4, 0.5) is 0 Å². The fraction of sp³-hybridized carbons (Fsp3) is 0. The number of rotatable bonds is 6. The molecule has 0 bridgehead atoms. The Hall–Kier alpha value is -2.10. The zero-order chi connectivity index (χ0) is 19.1. The third kappa shape index (κ3) is 5.21. The third-order valence-corrected chi connectivity index (χ3v) is 8.29. The molecule has 0 radical (unpaired) electrons. The topological polar surface area (TPSA) is 34.1 Å². The molecule has 5 heteroatoms. The van der Waals surface area contributed by atoms with Gasteiger partial charge in [0.2, 0.25) is 0 Å². The van der Waals surface area contributed by atoms with E-state index >= 15 is 0 Å². The second-order valence-electron chi connectivity index (χ2n) is 5.60. The van der Waals surface area contributed by atoms with Crippen LogP contribution in [-0.2, 0) is 9.84 Å². The van der Waals surface area contributed by atoms with Gasteiger partial charge in [-0.25, -0.2) is 0 Å². The number of sulfone groups is 1. The van der Waals surface area contributed by atoms with Crippen LogP contribution in [0.3, 0.4) is 0 Å². The van der Waals surface area contributed by atoms with Crippen molar-refractivity contribution in [2.45, 2.75) is 4.90 Å². The molecular weight excluding hydrogens is 443 g/mol. The van der Waals surface area contributed by atoms with Gasteiger partial charge in [-0.05, 0) is 0 Å². The van der Waals surface area contributed by atoms with Crippen molar-refractivity contribution in [2.24, 2.45) is 0 Å². The number of benzene rings is 3. The van der Waals surface area contributed by atoms with Crippen LogP contribution in [0, 0.1) is 0 Å². The summed E-state index contributed by atoms with van der Waals surface area (Å²) in [6.07, 6.45) is 3.29. The predicted molar refractivity (Wildman–Crippen MR) is 114 cm³/mol. The first-order chi connectivity index (χ1) is 13.1. The van der Waals surface area contributed by atoms with Gasteiger partial charge in [-0.1, -0.05) is 0 Å². The van der Waals surface area contributed by atoms with Gasteiger partial charge in [0.15, 0.2) is 0 Å². The Morgan fingerprint density at radius 3 is 1.85 bits per heavy atom. The van der Waals surface area contributed by atoms with Gasteiger partial charge in [-0.3, -0.25) is 0 Å². The van der Waals surface area contributed by atoms with E-state index in [0.717, 1.165) is 10.0 Å². The van der Waals surface area contributed by atoms with Crippen LogP contribution in [0.2, 0.25) is 0 Å². The Balaban J connectivity index is 1.96. The van der Waals surface area contributed by atoms with E-state index in [0.29, 0.717) is 0 Å². The molecule has 0 N–H and O–H groups in total. The van der Waals surface area contributed by atoms with Crippen molar-refractivity contribution in [2.75, 3.05) is 0 Å². The quantitative estimate of drug-likeness (QED) is 0.398. The van der Waals surface area contributed by atoms with Crippen LogP contribution in [0.15, 0.2) is 112 Å². The Labute approximate surface area is 171 Å². The van der Waals surface area contributed by atoms with Crippen molar-refractivity contribution >= 4 is 45.3 Å². The average Bonchev–Trinajstić information content (AvgIpc) is 2.73. The molecular formula is C22H17ClO2SSe. The standard InChI is InChI=1S/C22H17ClO2SSe/c23-22(26(24,25)19-12-6-2-7-13-19)17-16-21(18-10-4-1-5-11-18)27-20-14-8-3-9-15-20/h1-17H/b21-16-,22-17+. The van der Waals surface area contributed by atoms with E-state index in [1.165, 1.54) is 10.5 Å². The number of hydrogen-bond donors (Lipinski definition) is 0. The van der Waals surface area contributed by atoms with E-state index in [9.17, 15) is 8.42 Å². The van der Waals surface area contributed by atoms with Crippen molar-refractivity contribution in [3.05, 3.63) is 113 Å². The molecule has 2 nitrogen and oxygen atoms in total. The van der Waals surface area contributed by atoms with Gasteiger partial charge in [0.25, 0.3) is 0 Å². The van der Waals surface area contributed by atoms with Crippen LogP contribution >= 0.6 is 11.6 Å². The fourth-order valence-corrected chi connectivity index (χ4v) is 5.63. The zero-order valence-corrected chi connectivity index (χ0v) is 17.6. The molecule has 0 saturated heterocycles. The second-order valence-corrected chi connectivity index (χ2v) is 10.5. The van der Waals surface area contributed by atoms with E-state index in [1.807, 2.05) is 54.6 Å². The van der Waals surface area contributed by atoms with Gasteiger partial charge in [-0.15, -0.1) is 0 Å². The molecule has 0 aliphatic heterocycles. The van der Waals surface area contributed by atoms with Gasteiger partial charge < -0.3 is 0 Å². The summed E-state index contributed by atoms with van der Waals surface area (Å²) in [5, 5.41) is 0. The van der Waals surface area contributed by atoms with E-state index in [1.54, 1.807) is 30.3 Å². The first kappa shape index (κ1) is 19.7. The molecule has 0 aliphatic rings. The monoisotopic (exact) mass is 460 g/mol. The van der Waals surface area contributed by atoms with E-state index in [4.69, 9.17) is 11.6 Å². The molecule has 27 heavy (non-hydrogen) atoms. The molecule has 0 fully saturated rings. The molecule has 0 aliphatic carbocycles. The van der Waals surface area contributed by atoms with Crippen LogP contribution in [0.25, 0.3) is 4.47 Å². The van der Waals surface area contributed by atoms with Gasteiger partial charge in [0.1, 0.15) is 0 Å². The van der Waals surface area contributed by atoms with E-state index in [-0.39, 0.29) is 24.2 Å². The average molecular weight is 460 g/mol. The van der Waals surface area contributed by atoms with E-state index < -0.39 is 9.84 Å². The zero-order valence-electron chi connectivity index (χ0n) is 14.3. The summed E-state index contributed by atoms with van der Waals surface area (Å²) in [7, 11) is -3.70. The summed E-state index contributed by atoms with van der Waals surface area (Å²) in [6.45, 7) is 0. The second kappa shape index (κ2) is 9.20. The maximum atomic E-state index is 12.6. The minimum atomic E-state index is -3.70. The maximum absolute atomic E-state index is 12.6. The molecule has 3 rings (SSSR count). The SMILES string of the molecule is O=S(=O)(/C(Cl)=C/C=C(\[Se]c1ccccc1)c1ccccc1)c1ccccc1. The molecule has 0 spiro atoms. The number of halogens is 1. The van der Waals surface area contributed by atoms with Gasteiger partial charge in [0, 0.05) is 0 Å². The van der Waals surface area contributed by atoms with Crippen LogP contribution in [-0.4, -0.2) is 23.4 Å². The molecule has 0 amide bonds. The van der Waals surface area contributed by atoms with Crippen molar-refractivity contribution in [3.63, 3.8) is 0 Å². The Morgan fingerprint density at radius 2 is 1.26 bits per heavy atom. The van der Waals surface area contributed by atoms with Crippen LogP contribution < -0.4 is 4.46 Å².